The van der Waals surface area contributed by atoms with Gasteiger partial charge in [0.05, 0.1) is 22.8 Å². The fourth-order valence-corrected chi connectivity index (χ4v) is 3.64. The van der Waals surface area contributed by atoms with E-state index in [0.717, 1.165) is 12.1 Å². The minimum atomic E-state index is -4.93. The summed E-state index contributed by atoms with van der Waals surface area (Å²) in [5, 5.41) is 15.2. The van der Waals surface area contributed by atoms with Crippen LogP contribution in [0.1, 0.15) is 27.8 Å². The SMILES string of the molecule is Nc1nc2cc(-c3ccc(Cl)c(C(=O)NCC(F)(F)[C@H](O)c4cccc(C(F)(F)F)n4)c3F)ccn2n1. The standard InChI is InChI=1S/C22H15ClF6N6O2/c23-12-5-4-11(10-6-7-35-15(8-10)33-20(30)34-35)17(24)16(12)19(37)31-9-21(25,26)18(36)13-2-1-3-14(32-13)22(27,28)29/h1-8,18,36H,9H2,(H2,30,34)(H,31,37)/t18-/m1/s1. The van der Waals surface area contributed by atoms with Crippen LogP contribution < -0.4 is 11.1 Å². The molecule has 1 amide bonds. The van der Waals surface area contributed by atoms with Gasteiger partial charge in [-0.1, -0.05) is 17.7 Å². The molecule has 4 rings (SSSR count). The van der Waals surface area contributed by atoms with E-state index >= 15 is 4.39 Å². The number of aromatic nitrogens is 4. The van der Waals surface area contributed by atoms with Crippen LogP contribution in [0, 0.1) is 5.82 Å². The summed E-state index contributed by atoms with van der Waals surface area (Å²) in [4.78, 5) is 19.6. The van der Waals surface area contributed by atoms with Crippen molar-refractivity contribution < 1.29 is 36.2 Å². The minimum absolute atomic E-state index is 0.0303. The van der Waals surface area contributed by atoms with Crippen LogP contribution in [0.4, 0.5) is 32.3 Å². The number of carbonyl (C=O) groups excluding carboxylic acids is 1. The van der Waals surface area contributed by atoms with Gasteiger partial charge < -0.3 is 16.2 Å². The molecule has 1 aromatic carbocycles. The Bertz CT molecular complexity index is 1490. The van der Waals surface area contributed by atoms with Crippen molar-refractivity contribution in [3.63, 3.8) is 0 Å². The summed E-state index contributed by atoms with van der Waals surface area (Å²) >= 11 is 5.95. The molecule has 0 aliphatic rings. The molecule has 0 aliphatic carbocycles. The van der Waals surface area contributed by atoms with E-state index in [0.29, 0.717) is 6.07 Å². The maximum absolute atomic E-state index is 15.3. The van der Waals surface area contributed by atoms with E-state index in [2.05, 4.69) is 15.1 Å². The Morgan fingerprint density at radius 2 is 1.86 bits per heavy atom. The van der Waals surface area contributed by atoms with Crippen molar-refractivity contribution in [2.75, 3.05) is 12.3 Å². The van der Waals surface area contributed by atoms with E-state index in [1.165, 1.54) is 35.0 Å². The Kier molecular flexibility index (Phi) is 6.73. The molecule has 0 unspecified atom stereocenters. The van der Waals surface area contributed by atoms with E-state index in [4.69, 9.17) is 17.3 Å². The highest BCUT2D eigenvalue weighted by molar-refractivity contribution is 6.34. The maximum atomic E-state index is 15.3. The molecule has 194 valence electrons. The number of carbonyl (C=O) groups is 1. The number of nitrogens with two attached hydrogens (primary N) is 1. The molecule has 0 bridgehead atoms. The van der Waals surface area contributed by atoms with Gasteiger partial charge in [0.1, 0.15) is 11.5 Å². The number of pyridine rings is 2. The van der Waals surface area contributed by atoms with E-state index in [9.17, 15) is 31.9 Å². The van der Waals surface area contributed by atoms with E-state index in [1.54, 1.807) is 5.32 Å². The number of rotatable bonds is 6. The molecule has 4 N–H and O–H groups in total. The summed E-state index contributed by atoms with van der Waals surface area (Å²) in [7, 11) is 0. The molecule has 0 fully saturated rings. The van der Waals surface area contributed by atoms with Crippen LogP contribution in [-0.2, 0) is 6.18 Å². The number of nitrogens with zero attached hydrogens (tertiary/aromatic N) is 4. The number of aliphatic hydroxyl groups is 1. The third-order valence-electron chi connectivity index (χ3n) is 5.21. The molecular weight excluding hydrogens is 530 g/mol. The van der Waals surface area contributed by atoms with E-state index < -0.39 is 58.4 Å². The molecule has 37 heavy (non-hydrogen) atoms. The van der Waals surface area contributed by atoms with E-state index in [-0.39, 0.29) is 22.7 Å². The number of alkyl halides is 5. The summed E-state index contributed by atoms with van der Waals surface area (Å²) < 4.78 is 84.2. The van der Waals surface area contributed by atoms with Gasteiger partial charge in [-0.3, -0.25) is 4.79 Å². The predicted molar refractivity (Wildman–Crippen MR) is 119 cm³/mol. The number of hydrogen-bond acceptors (Lipinski definition) is 6. The molecule has 1 atom stereocenters. The number of nitrogen functional groups attached to an aromatic ring is 1. The van der Waals surface area contributed by atoms with Crippen LogP contribution in [0.3, 0.4) is 0 Å². The molecule has 0 saturated heterocycles. The Balaban J connectivity index is 1.56. The van der Waals surface area contributed by atoms with Gasteiger partial charge in [-0.05, 0) is 42.0 Å². The Hall–Kier alpha value is -3.91. The zero-order valence-electron chi connectivity index (χ0n) is 18.3. The lowest BCUT2D eigenvalue weighted by Gasteiger charge is -2.23. The monoisotopic (exact) mass is 544 g/mol. The molecule has 3 heterocycles. The molecule has 8 nitrogen and oxygen atoms in total. The topological polar surface area (TPSA) is 118 Å². The predicted octanol–water partition coefficient (Wildman–Crippen LogP) is 4.28. The highest BCUT2D eigenvalue weighted by atomic mass is 35.5. The number of nitrogens with one attached hydrogen (secondary N) is 1. The first-order valence-electron chi connectivity index (χ1n) is 10.3. The molecule has 0 aliphatic heterocycles. The lowest BCUT2D eigenvalue weighted by Crippen LogP contribution is -2.41. The second-order valence-corrected chi connectivity index (χ2v) is 8.17. The van der Waals surface area contributed by atoms with Crippen LogP contribution in [0.25, 0.3) is 16.8 Å². The lowest BCUT2D eigenvalue weighted by molar-refractivity contribution is -0.142. The smallest absolute Gasteiger partial charge is 0.380 e. The van der Waals surface area contributed by atoms with Crippen molar-refractivity contribution in [3.05, 3.63) is 76.5 Å². The lowest BCUT2D eigenvalue weighted by atomic mass is 10.0. The largest absolute Gasteiger partial charge is 0.433 e. The molecule has 0 saturated carbocycles. The van der Waals surface area contributed by atoms with Gasteiger partial charge in [0.25, 0.3) is 11.8 Å². The van der Waals surface area contributed by atoms with Crippen molar-refractivity contribution in [1.82, 2.24) is 24.9 Å². The summed E-state index contributed by atoms with van der Waals surface area (Å²) in [6.45, 7) is -1.56. The fraction of sp³-hybridized carbons (Fsp3) is 0.182. The third kappa shape index (κ3) is 5.29. The zero-order valence-corrected chi connectivity index (χ0v) is 19.0. The van der Waals surface area contributed by atoms with E-state index in [1.807, 2.05) is 0 Å². The van der Waals surface area contributed by atoms with Gasteiger partial charge in [-0.2, -0.15) is 18.2 Å². The molecule has 3 aromatic heterocycles. The Morgan fingerprint density at radius 1 is 1.14 bits per heavy atom. The second kappa shape index (κ2) is 9.52. The third-order valence-corrected chi connectivity index (χ3v) is 5.52. The first-order chi connectivity index (χ1) is 17.3. The summed E-state index contributed by atoms with van der Waals surface area (Å²) in [5.41, 5.74) is 2.72. The second-order valence-electron chi connectivity index (χ2n) is 7.76. The van der Waals surface area contributed by atoms with Crippen molar-refractivity contribution in [1.29, 1.82) is 0 Å². The first kappa shape index (κ1) is 26.2. The summed E-state index contributed by atoms with van der Waals surface area (Å²) in [6, 6.07) is 7.42. The van der Waals surface area contributed by atoms with Crippen LogP contribution in [-0.4, -0.2) is 43.1 Å². The van der Waals surface area contributed by atoms with Crippen LogP contribution in [0.5, 0.6) is 0 Å². The average molecular weight is 545 g/mol. The normalized spacial score (nSPS) is 13.1. The number of benzene rings is 1. The van der Waals surface area contributed by atoms with Gasteiger partial charge >= 0.3 is 6.18 Å². The van der Waals surface area contributed by atoms with Gasteiger partial charge in [-0.25, -0.2) is 22.7 Å². The molecule has 0 radical (unpaired) electrons. The quantitative estimate of drug-likeness (QED) is 0.312. The van der Waals surface area contributed by atoms with Crippen molar-refractivity contribution in [3.8, 4) is 11.1 Å². The highest BCUT2D eigenvalue weighted by Crippen LogP contribution is 2.34. The molecule has 0 spiro atoms. The van der Waals surface area contributed by atoms with Gasteiger partial charge in [0, 0.05) is 11.8 Å². The number of fused-ring (bicyclic) bond motifs is 1. The number of anilines is 1. The van der Waals surface area contributed by atoms with Crippen molar-refractivity contribution in [2.24, 2.45) is 0 Å². The summed E-state index contributed by atoms with van der Waals surface area (Å²) in [6.07, 6.45) is -6.29. The average Bonchev–Trinajstić information content (AvgIpc) is 3.21. The Morgan fingerprint density at radius 3 is 2.57 bits per heavy atom. The molecule has 4 aromatic rings. The summed E-state index contributed by atoms with van der Waals surface area (Å²) in [5.74, 6) is -6.69. The number of aliphatic hydroxyl groups excluding tert-OH is 1. The zero-order chi connectivity index (χ0) is 27.1. The minimum Gasteiger partial charge on any atom is -0.380 e. The number of hydrogen-bond donors (Lipinski definition) is 3. The highest BCUT2D eigenvalue weighted by Gasteiger charge is 2.42. The van der Waals surface area contributed by atoms with Gasteiger partial charge in [0.2, 0.25) is 5.95 Å². The number of amides is 1. The van der Waals surface area contributed by atoms with Crippen LogP contribution >= 0.6 is 11.6 Å². The molecule has 15 heteroatoms. The Labute approximate surface area is 208 Å². The van der Waals surface area contributed by atoms with Gasteiger partial charge in [0.15, 0.2) is 11.8 Å². The van der Waals surface area contributed by atoms with Crippen molar-refractivity contribution >= 4 is 29.1 Å². The molecular formula is C22H15ClF6N6O2. The fourth-order valence-electron chi connectivity index (χ4n) is 3.41. The van der Waals surface area contributed by atoms with Crippen LogP contribution in [0.15, 0.2) is 48.7 Å². The number of halogens is 7. The van der Waals surface area contributed by atoms with Crippen molar-refractivity contribution in [2.45, 2.75) is 18.2 Å². The first-order valence-corrected chi connectivity index (χ1v) is 10.6. The van der Waals surface area contributed by atoms with Crippen LogP contribution in [0.2, 0.25) is 5.02 Å². The van der Waals surface area contributed by atoms with Gasteiger partial charge in [-0.15, -0.1) is 5.10 Å². The maximum Gasteiger partial charge on any atom is 0.433 e.